The zero-order valence-electron chi connectivity index (χ0n) is 37.9. The van der Waals surface area contributed by atoms with Crippen LogP contribution in [0.1, 0.15) is 68.8 Å². The molecule has 67 heavy (non-hydrogen) atoms. The average Bonchev–Trinajstić information content (AvgIpc) is 3.71. The molecule has 4 aliphatic rings. The van der Waals surface area contributed by atoms with Crippen LogP contribution in [0.2, 0.25) is 5.02 Å². The van der Waals surface area contributed by atoms with Crippen molar-refractivity contribution in [3.8, 4) is 5.88 Å². The zero-order valence-corrected chi connectivity index (χ0v) is 39.5. The van der Waals surface area contributed by atoms with Gasteiger partial charge in [-0.2, -0.15) is 4.98 Å². The Labute approximate surface area is 394 Å². The van der Waals surface area contributed by atoms with Crippen LogP contribution in [0.4, 0.5) is 32.8 Å². The first-order valence-electron chi connectivity index (χ1n) is 22.9. The number of aromatic nitrogens is 2. The largest absolute Gasteiger partial charge is 0.476 e. The summed E-state index contributed by atoms with van der Waals surface area (Å²) in [6, 6.07) is 20.6. The number of carbonyl (C=O) groups excluding carboxylic acids is 1. The summed E-state index contributed by atoms with van der Waals surface area (Å²) in [5.74, 6) is -0.582. The van der Waals surface area contributed by atoms with Crippen molar-refractivity contribution < 1.29 is 32.0 Å². The molecule has 0 spiro atoms. The molecule has 5 heterocycles. The number of alkyl halides is 1. The number of amides is 1. The highest BCUT2D eigenvalue weighted by molar-refractivity contribution is 7.90. The SMILES string of the molecule is C[C@@H]1COc2nc3[nH]ccc3cc2N(c2cc(N3CCN(CC4=C(c5ccc(Cl)cc5)CC(C)(C)CC4)CC3)ccc2C(=O)NS(=O)(=O)c2ccc(NCC3(F)CCOCC3)c([N+](=O)[O-])c2)C1. The number of rotatable bonds is 12. The Morgan fingerprint density at radius 3 is 2.51 bits per heavy atom. The molecular weight excluding hydrogens is 899 g/mol. The van der Waals surface area contributed by atoms with Crippen LogP contribution in [0.25, 0.3) is 16.6 Å². The number of sulfonamides is 1. The third kappa shape index (κ3) is 10.2. The Bertz CT molecular complexity index is 2820. The number of piperazine rings is 1. The van der Waals surface area contributed by atoms with Gasteiger partial charge in [-0.1, -0.05) is 50.1 Å². The van der Waals surface area contributed by atoms with Crippen molar-refractivity contribution in [2.24, 2.45) is 11.3 Å². The summed E-state index contributed by atoms with van der Waals surface area (Å²) >= 11 is 6.27. The van der Waals surface area contributed by atoms with E-state index in [2.05, 4.69) is 50.8 Å². The van der Waals surface area contributed by atoms with Gasteiger partial charge >= 0.3 is 0 Å². The number of nitrogens with one attached hydrogen (secondary N) is 3. The molecule has 1 aliphatic carbocycles. The fraction of sp³-hybridized carbons (Fsp3) is 0.429. The predicted molar refractivity (Wildman–Crippen MR) is 259 cm³/mol. The summed E-state index contributed by atoms with van der Waals surface area (Å²) < 4.78 is 57.0. The number of carbonyl (C=O) groups is 1. The highest BCUT2D eigenvalue weighted by Gasteiger charge is 2.35. The quantitative estimate of drug-likeness (QED) is 0.0801. The van der Waals surface area contributed by atoms with Crippen LogP contribution in [0.5, 0.6) is 5.88 Å². The molecule has 0 unspecified atom stereocenters. The smallest absolute Gasteiger partial charge is 0.293 e. The fourth-order valence-corrected chi connectivity index (χ4v) is 10.7. The van der Waals surface area contributed by atoms with Gasteiger partial charge in [0.25, 0.3) is 21.6 Å². The van der Waals surface area contributed by atoms with Crippen LogP contribution in [-0.4, -0.2) is 105 Å². The average molecular weight is 956 g/mol. The second kappa shape index (κ2) is 18.7. The number of halogens is 2. The summed E-state index contributed by atoms with van der Waals surface area (Å²) in [4.78, 5) is 40.1. The molecule has 2 saturated heterocycles. The Morgan fingerprint density at radius 2 is 1.76 bits per heavy atom. The van der Waals surface area contributed by atoms with Gasteiger partial charge in [-0.25, -0.2) is 17.5 Å². The molecule has 0 saturated carbocycles. The Hall–Kier alpha value is -5.75. The van der Waals surface area contributed by atoms with Gasteiger partial charge < -0.3 is 29.6 Å². The number of aromatic amines is 1. The van der Waals surface area contributed by atoms with Gasteiger partial charge in [0.05, 0.1) is 27.7 Å². The van der Waals surface area contributed by atoms with Crippen molar-refractivity contribution in [3.05, 3.63) is 111 Å². The van der Waals surface area contributed by atoms with Gasteiger partial charge in [-0.3, -0.25) is 19.8 Å². The number of fused-ring (bicyclic) bond motifs is 2. The number of H-pyrrole nitrogens is 1. The highest BCUT2D eigenvalue weighted by atomic mass is 35.5. The number of nitrogens with zero attached hydrogens (tertiary/aromatic N) is 5. The third-order valence-corrected chi connectivity index (χ3v) is 15.1. The number of anilines is 4. The van der Waals surface area contributed by atoms with Gasteiger partial charge in [0.1, 0.15) is 22.7 Å². The fourth-order valence-electron chi connectivity index (χ4n) is 9.58. The number of nitro benzene ring substituents is 1. The van der Waals surface area contributed by atoms with E-state index in [-0.39, 0.29) is 55.2 Å². The molecule has 5 aromatic rings. The van der Waals surface area contributed by atoms with E-state index in [1.807, 2.05) is 48.2 Å². The first kappa shape index (κ1) is 46.4. The van der Waals surface area contributed by atoms with Crippen molar-refractivity contribution in [1.82, 2.24) is 19.6 Å². The first-order valence-corrected chi connectivity index (χ1v) is 24.7. The number of allylic oxidation sites excluding steroid dienone is 1. The van der Waals surface area contributed by atoms with Crippen LogP contribution in [-0.2, 0) is 14.8 Å². The zero-order chi connectivity index (χ0) is 47.1. The maximum Gasteiger partial charge on any atom is 0.293 e. The molecule has 1 amide bonds. The minimum atomic E-state index is -4.66. The van der Waals surface area contributed by atoms with E-state index >= 15 is 4.39 Å². The standard InChI is InChI=1S/C49H56ClFN8O7S/c1-32-28-58(44-24-34-13-17-52-45(34)54-47(44)66-30-32)42-25-37(57-20-18-56(19-21-57)29-35-12-14-48(2,3)27-40(35)33-4-6-36(50)7-5-33)8-10-39(42)46(60)55-67(63,64)38-9-11-41(43(26-38)59(61)62)53-31-49(51)15-22-65-23-16-49/h4-11,13,17,24-26,32,53H,12,14-16,18-23,27-31H2,1-3H3,(H,52,54)(H,55,60)/t32-/m0/s1. The Kier molecular flexibility index (Phi) is 13.0. The number of pyridine rings is 1. The van der Waals surface area contributed by atoms with Crippen molar-refractivity contribution in [2.75, 3.05) is 80.8 Å². The number of ether oxygens (including phenoxy) is 2. The lowest BCUT2D eigenvalue weighted by Crippen LogP contribution is -2.47. The van der Waals surface area contributed by atoms with Crippen LogP contribution in [0.15, 0.2) is 89.5 Å². The molecular formula is C49H56ClFN8O7S. The van der Waals surface area contributed by atoms with E-state index in [4.69, 9.17) is 26.1 Å². The van der Waals surface area contributed by atoms with Crippen molar-refractivity contribution in [2.45, 2.75) is 63.4 Å². The normalized spacial score (nSPS) is 19.9. The molecule has 3 aromatic carbocycles. The summed E-state index contributed by atoms with van der Waals surface area (Å²) in [6.45, 7) is 11.7. The van der Waals surface area contributed by atoms with E-state index in [1.165, 1.54) is 22.8 Å². The third-order valence-electron chi connectivity index (χ3n) is 13.5. The molecule has 2 fully saturated rings. The summed E-state index contributed by atoms with van der Waals surface area (Å²) in [5.41, 5.74) is 4.68. The lowest BCUT2D eigenvalue weighted by Gasteiger charge is -2.39. The van der Waals surface area contributed by atoms with Crippen molar-refractivity contribution in [1.29, 1.82) is 0 Å². The molecule has 2 aromatic heterocycles. The molecule has 3 N–H and O–H groups in total. The van der Waals surface area contributed by atoms with E-state index in [9.17, 15) is 23.3 Å². The number of hydrogen-bond acceptors (Lipinski definition) is 12. The van der Waals surface area contributed by atoms with Crippen LogP contribution < -0.4 is 24.6 Å². The minimum absolute atomic E-state index is 0.0248. The molecule has 354 valence electrons. The monoisotopic (exact) mass is 954 g/mol. The second-order valence-corrected chi connectivity index (χ2v) is 21.3. The van der Waals surface area contributed by atoms with Gasteiger partial charge in [0.2, 0.25) is 5.88 Å². The number of nitro groups is 1. The Balaban J connectivity index is 0.999. The molecule has 3 aliphatic heterocycles. The Morgan fingerprint density at radius 1 is 1.00 bits per heavy atom. The molecule has 0 bridgehead atoms. The summed E-state index contributed by atoms with van der Waals surface area (Å²) in [6.07, 6.45) is 5.20. The maximum absolute atomic E-state index is 15.3. The van der Waals surface area contributed by atoms with Crippen LogP contribution >= 0.6 is 11.6 Å². The van der Waals surface area contributed by atoms with E-state index in [1.54, 1.807) is 12.3 Å². The summed E-state index contributed by atoms with van der Waals surface area (Å²) in [5, 5.41) is 16.6. The molecule has 0 radical (unpaired) electrons. The molecule has 18 heteroatoms. The molecule has 1 atom stereocenters. The second-order valence-electron chi connectivity index (χ2n) is 19.1. The van der Waals surface area contributed by atoms with Crippen molar-refractivity contribution in [3.63, 3.8) is 0 Å². The van der Waals surface area contributed by atoms with Crippen LogP contribution in [0, 0.1) is 21.4 Å². The number of hydrogen-bond donors (Lipinski definition) is 3. The summed E-state index contributed by atoms with van der Waals surface area (Å²) in [7, 11) is -4.66. The predicted octanol–water partition coefficient (Wildman–Crippen LogP) is 9.13. The lowest BCUT2D eigenvalue weighted by atomic mass is 9.72. The minimum Gasteiger partial charge on any atom is -0.476 e. The molecule has 9 rings (SSSR count). The van der Waals surface area contributed by atoms with Crippen LogP contribution in [0.3, 0.4) is 0 Å². The van der Waals surface area contributed by atoms with Gasteiger partial charge in [-0.05, 0) is 90.4 Å². The van der Waals surface area contributed by atoms with Gasteiger partial charge in [-0.15, -0.1) is 0 Å². The van der Waals surface area contributed by atoms with Gasteiger partial charge in [0, 0.05) is 106 Å². The van der Waals surface area contributed by atoms with Crippen molar-refractivity contribution >= 4 is 72.6 Å². The highest BCUT2D eigenvalue weighted by Crippen LogP contribution is 2.44. The van der Waals surface area contributed by atoms with Gasteiger partial charge in [0.15, 0.2) is 0 Å². The van der Waals surface area contributed by atoms with E-state index in [0.717, 1.165) is 80.2 Å². The molecule has 15 nitrogen and oxygen atoms in total. The first-order chi connectivity index (χ1) is 32.0. The number of benzene rings is 3. The van der Waals surface area contributed by atoms with E-state index in [0.29, 0.717) is 36.1 Å². The van der Waals surface area contributed by atoms with E-state index < -0.39 is 37.1 Å². The lowest BCUT2D eigenvalue weighted by molar-refractivity contribution is -0.384. The maximum atomic E-state index is 15.3. The topological polar surface area (TPSA) is 175 Å².